The fourth-order valence-electron chi connectivity index (χ4n) is 4.48. The molecule has 2 aliphatic heterocycles. The number of nitrogens with one attached hydrogen (secondary N) is 1. The second-order valence-corrected chi connectivity index (χ2v) is 9.84. The Bertz CT molecular complexity index is 1140. The number of ketones is 1. The van der Waals surface area contributed by atoms with E-state index in [1.165, 1.54) is 11.3 Å². The molecule has 2 fully saturated rings. The van der Waals surface area contributed by atoms with Crippen LogP contribution in [0.1, 0.15) is 23.1 Å². The van der Waals surface area contributed by atoms with Gasteiger partial charge in [-0.15, -0.1) is 15.3 Å². The normalized spacial score (nSPS) is 19.0. The molecule has 5 rings (SSSR count). The molecule has 2 aromatic heterocycles. The summed E-state index contributed by atoms with van der Waals surface area (Å²) in [6.07, 6.45) is 2.43. The third kappa shape index (κ3) is 5.42. The molecule has 3 aromatic rings. The molecule has 0 aliphatic carbocycles. The molecule has 0 radical (unpaired) electrons. The maximum absolute atomic E-state index is 13.1. The van der Waals surface area contributed by atoms with Gasteiger partial charge in [0.1, 0.15) is 11.1 Å². The Labute approximate surface area is 208 Å². The van der Waals surface area contributed by atoms with Crippen LogP contribution in [0, 0.1) is 0 Å². The van der Waals surface area contributed by atoms with Crippen LogP contribution in [0.4, 0.5) is 16.6 Å². The lowest BCUT2D eigenvalue weighted by atomic mass is 10.0. The minimum atomic E-state index is -0.648. The molecule has 0 bridgehead atoms. The van der Waals surface area contributed by atoms with Crippen LogP contribution in [0.15, 0.2) is 42.6 Å². The van der Waals surface area contributed by atoms with Gasteiger partial charge in [0.05, 0.1) is 12.5 Å². The number of nitrogens with zero attached hydrogens (tertiary/aromatic N) is 6. The Kier molecular flexibility index (Phi) is 7.16. The van der Waals surface area contributed by atoms with Crippen LogP contribution in [0.2, 0.25) is 0 Å². The quantitative estimate of drug-likeness (QED) is 0.451. The molecule has 2 aliphatic rings. The third-order valence-electron chi connectivity index (χ3n) is 6.44. The Hall–Kier alpha value is -3.15. The van der Waals surface area contributed by atoms with Crippen molar-refractivity contribution in [3.63, 3.8) is 0 Å². The van der Waals surface area contributed by atoms with Crippen molar-refractivity contribution in [3.05, 3.63) is 53.2 Å². The standard InChI is InChI=1S/C24H29N7O3S/c1-33-19-14-31(15-19)18-6-3-5-16(11-18)23(34-2)20(32)12-22-28-29-24(35-22)26-17-8-10-30(13-17)21-7-4-9-25-27-21/h3-7,9,11,17,19,23H,8,10,12-15H2,1-2H3,(H,26,29)/t17-,23-/m1/s1. The van der Waals surface area contributed by atoms with Gasteiger partial charge in [-0.2, -0.15) is 5.10 Å². The van der Waals surface area contributed by atoms with Crippen LogP contribution in [-0.4, -0.2) is 78.7 Å². The molecule has 0 spiro atoms. The molecular formula is C24H29N7O3S. The number of aromatic nitrogens is 4. The van der Waals surface area contributed by atoms with Crippen molar-refractivity contribution in [2.45, 2.75) is 31.1 Å². The Morgan fingerprint density at radius 1 is 1.14 bits per heavy atom. The SMILES string of the molecule is COC1CN(c2cccc([C@@H](OC)C(=O)Cc3nnc(N[C@@H]4CCN(c5cccnn5)C4)s3)c2)C1. The van der Waals surface area contributed by atoms with Crippen molar-refractivity contribution in [1.29, 1.82) is 0 Å². The predicted molar refractivity (Wildman–Crippen MR) is 134 cm³/mol. The highest BCUT2D eigenvalue weighted by atomic mass is 32.1. The first-order chi connectivity index (χ1) is 17.1. The van der Waals surface area contributed by atoms with Crippen LogP contribution in [0.5, 0.6) is 0 Å². The number of methoxy groups -OCH3 is 2. The first-order valence-electron chi connectivity index (χ1n) is 11.7. The van der Waals surface area contributed by atoms with E-state index < -0.39 is 6.10 Å². The van der Waals surface area contributed by atoms with Crippen molar-refractivity contribution in [3.8, 4) is 0 Å². The zero-order chi connectivity index (χ0) is 24.2. The first-order valence-corrected chi connectivity index (χ1v) is 12.5. The average Bonchev–Trinajstić information content (AvgIpc) is 3.50. The van der Waals surface area contributed by atoms with Gasteiger partial charge >= 0.3 is 0 Å². The lowest BCUT2D eigenvalue weighted by Gasteiger charge is -2.40. The Balaban J connectivity index is 1.17. The molecule has 2 atom stereocenters. The fraction of sp³-hybridized carbons (Fsp3) is 0.458. The molecule has 10 nitrogen and oxygen atoms in total. The zero-order valence-corrected chi connectivity index (χ0v) is 20.6. The van der Waals surface area contributed by atoms with Gasteiger partial charge in [-0.1, -0.05) is 23.5 Å². The van der Waals surface area contributed by atoms with Gasteiger partial charge in [0, 0.05) is 58.3 Å². The third-order valence-corrected chi connectivity index (χ3v) is 7.29. The Morgan fingerprint density at radius 2 is 2.03 bits per heavy atom. The lowest BCUT2D eigenvalue weighted by molar-refractivity contribution is -0.128. The largest absolute Gasteiger partial charge is 0.378 e. The molecule has 1 N–H and O–H groups in total. The fourth-order valence-corrected chi connectivity index (χ4v) is 5.31. The lowest BCUT2D eigenvalue weighted by Crippen LogP contribution is -2.51. The summed E-state index contributed by atoms with van der Waals surface area (Å²) in [6, 6.07) is 12.1. The van der Waals surface area contributed by atoms with Crippen molar-refractivity contribution < 1.29 is 14.3 Å². The van der Waals surface area contributed by atoms with E-state index in [4.69, 9.17) is 9.47 Å². The predicted octanol–water partition coefficient (Wildman–Crippen LogP) is 2.35. The number of ether oxygens (including phenoxy) is 2. The van der Waals surface area contributed by atoms with Gasteiger partial charge in [0.25, 0.3) is 0 Å². The van der Waals surface area contributed by atoms with E-state index in [1.807, 2.05) is 36.4 Å². The number of benzene rings is 1. The molecule has 35 heavy (non-hydrogen) atoms. The van der Waals surface area contributed by atoms with Crippen molar-refractivity contribution in [1.82, 2.24) is 20.4 Å². The van der Waals surface area contributed by atoms with Gasteiger partial charge in [0.15, 0.2) is 11.6 Å². The van der Waals surface area contributed by atoms with E-state index in [-0.39, 0.29) is 24.3 Å². The summed E-state index contributed by atoms with van der Waals surface area (Å²) in [6.45, 7) is 3.42. The van der Waals surface area contributed by atoms with Crippen LogP contribution >= 0.6 is 11.3 Å². The molecular weight excluding hydrogens is 466 g/mol. The molecule has 0 saturated carbocycles. The van der Waals surface area contributed by atoms with Gasteiger partial charge in [-0.05, 0) is 36.2 Å². The maximum atomic E-state index is 13.1. The monoisotopic (exact) mass is 495 g/mol. The van der Waals surface area contributed by atoms with Crippen molar-refractivity contribution in [2.75, 3.05) is 55.5 Å². The number of hydrogen-bond acceptors (Lipinski definition) is 11. The van der Waals surface area contributed by atoms with Crippen LogP contribution < -0.4 is 15.1 Å². The summed E-state index contributed by atoms with van der Waals surface area (Å²) in [5, 5.41) is 21.5. The van der Waals surface area contributed by atoms with Gasteiger partial charge in [-0.25, -0.2) is 0 Å². The highest BCUT2D eigenvalue weighted by Crippen LogP contribution is 2.29. The van der Waals surface area contributed by atoms with E-state index in [0.29, 0.717) is 5.01 Å². The molecule has 2 saturated heterocycles. The number of carbonyl (C=O) groups excluding carboxylic acids is 1. The van der Waals surface area contributed by atoms with Gasteiger partial charge in [-0.3, -0.25) is 4.79 Å². The smallest absolute Gasteiger partial charge is 0.205 e. The summed E-state index contributed by atoms with van der Waals surface area (Å²) in [7, 11) is 3.30. The molecule has 1 aromatic carbocycles. The van der Waals surface area contributed by atoms with Gasteiger partial charge in [0.2, 0.25) is 5.13 Å². The summed E-state index contributed by atoms with van der Waals surface area (Å²) < 4.78 is 11.0. The molecule has 4 heterocycles. The minimum absolute atomic E-state index is 0.0413. The van der Waals surface area contributed by atoms with Crippen LogP contribution in [-0.2, 0) is 20.7 Å². The minimum Gasteiger partial charge on any atom is -0.378 e. The first kappa shape index (κ1) is 23.6. The van der Waals surface area contributed by atoms with Gasteiger partial charge < -0.3 is 24.6 Å². The highest BCUT2D eigenvalue weighted by molar-refractivity contribution is 7.15. The van der Waals surface area contributed by atoms with E-state index in [2.05, 4.69) is 35.5 Å². The van der Waals surface area contributed by atoms with Crippen LogP contribution in [0.25, 0.3) is 0 Å². The zero-order valence-electron chi connectivity index (χ0n) is 19.8. The van der Waals surface area contributed by atoms with Crippen molar-refractivity contribution >= 4 is 33.8 Å². The number of anilines is 3. The number of hydrogen-bond donors (Lipinski definition) is 1. The molecule has 11 heteroatoms. The Morgan fingerprint density at radius 3 is 2.80 bits per heavy atom. The summed E-state index contributed by atoms with van der Waals surface area (Å²) >= 11 is 1.41. The number of rotatable bonds is 10. The topological polar surface area (TPSA) is 106 Å². The van der Waals surface area contributed by atoms with E-state index >= 15 is 0 Å². The van der Waals surface area contributed by atoms with Crippen molar-refractivity contribution in [2.24, 2.45) is 0 Å². The van der Waals surface area contributed by atoms with E-state index in [9.17, 15) is 4.79 Å². The molecule has 184 valence electrons. The summed E-state index contributed by atoms with van der Waals surface area (Å²) in [4.78, 5) is 17.5. The number of carbonyl (C=O) groups is 1. The average molecular weight is 496 g/mol. The van der Waals surface area contributed by atoms with E-state index in [1.54, 1.807) is 20.4 Å². The highest BCUT2D eigenvalue weighted by Gasteiger charge is 2.29. The summed E-state index contributed by atoms with van der Waals surface area (Å²) in [5.74, 6) is 0.836. The van der Waals surface area contributed by atoms with Crippen LogP contribution in [0.3, 0.4) is 0 Å². The molecule has 0 amide bonds. The number of Topliss-reactive ketones (excluding diaryl/α,β-unsaturated/α-hetero) is 1. The second kappa shape index (κ2) is 10.6. The molecule has 0 unspecified atom stereocenters. The second-order valence-electron chi connectivity index (χ2n) is 8.78. The summed E-state index contributed by atoms with van der Waals surface area (Å²) in [5.41, 5.74) is 1.91. The van der Waals surface area contributed by atoms with E-state index in [0.717, 1.165) is 54.8 Å². The maximum Gasteiger partial charge on any atom is 0.205 e.